The van der Waals surface area contributed by atoms with Crippen molar-refractivity contribution in [1.29, 1.82) is 0 Å². The van der Waals surface area contributed by atoms with E-state index in [9.17, 15) is 14.4 Å². The molecule has 0 aliphatic rings. The smallest absolute Gasteiger partial charge is 0.280 e. The first-order chi connectivity index (χ1) is 12.5. The molecule has 3 rings (SSSR count). The minimum absolute atomic E-state index is 0.132. The Bertz CT molecular complexity index is 1010. The molecule has 7 nitrogen and oxygen atoms in total. The van der Waals surface area contributed by atoms with E-state index in [0.29, 0.717) is 17.4 Å². The molecule has 26 heavy (non-hydrogen) atoms. The third-order valence-corrected chi connectivity index (χ3v) is 3.77. The van der Waals surface area contributed by atoms with Gasteiger partial charge in [0, 0.05) is 13.5 Å². The molecule has 7 heteroatoms. The first kappa shape index (κ1) is 17.3. The van der Waals surface area contributed by atoms with Gasteiger partial charge in [-0.3, -0.25) is 19.8 Å². The van der Waals surface area contributed by atoms with E-state index in [1.165, 1.54) is 6.92 Å². The largest absolute Gasteiger partial charge is 0.352 e. The Balaban J connectivity index is 1.86. The van der Waals surface area contributed by atoms with Gasteiger partial charge in [0.2, 0.25) is 11.8 Å². The zero-order valence-corrected chi connectivity index (χ0v) is 14.2. The van der Waals surface area contributed by atoms with Crippen molar-refractivity contribution in [1.82, 2.24) is 15.0 Å². The third-order valence-electron chi connectivity index (χ3n) is 3.77. The molecule has 0 bridgehead atoms. The summed E-state index contributed by atoms with van der Waals surface area (Å²) >= 11 is 0. The van der Waals surface area contributed by atoms with Gasteiger partial charge < -0.3 is 5.32 Å². The minimum atomic E-state index is -0.421. The van der Waals surface area contributed by atoms with Gasteiger partial charge in [-0.2, -0.15) is 0 Å². The Morgan fingerprint density at radius 1 is 1.04 bits per heavy atom. The first-order valence-electron chi connectivity index (χ1n) is 8.13. The van der Waals surface area contributed by atoms with Crippen LogP contribution in [0.3, 0.4) is 0 Å². The number of benzene rings is 2. The highest BCUT2D eigenvalue weighted by molar-refractivity contribution is 5.83. The van der Waals surface area contributed by atoms with Crippen LogP contribution in [0.15, 0.2) is 59.4 Å². The van der Waals surface area contributed by atoms with Crippen molar-refractivity contribution in [3.63, 3.8) is 0 Å². The van der Waals surface area contributed by atoms with E-state index in [2.05, 4.69) is 15.7 Å². The molecule has 0 radical (unpaired) electrons. The monoisotopic (exact) mass is 350 g/mol. The van der Waals surface area contributed by atoms with Crippen LogP contribution in [-0.4, -0.2) is 21.5 Å². The highest BCUT2D eigenvalue weighted by Gasteiger charge is 2.15. The van der Waals surface area contributed by atoms with E-state index in [0.717, 1.165) is 10.2 Å². The number of amides is 2. The summed E-state index contributed by atoms with van der Waals surface area (Å²) in [5.41, 5.74) is 3.46. The summed E-state index contributed by atoms with van der Waals surface area (Å²) < 4.78 is 1.03. The van der Waals surface area contributed by atoms with Gasteiger partial charge in [-0.25, -0.2) is 9.66 Å². The number of para-hydroxylation sites is 1. The standard InChI is InChI=1S/C19H18N4O3/c1-13(24)22-23-17(21-16-10-6-5-9-15(16)19(23)26)11-18(25)20-12-14-7-3-2-4-8-14/h2-10H,11-12H2,1H3,(H,20,25)(H,22,24). The maximum atomic E-state index is 12.6. The summed E-state index contributed by atoms with van der Waals surface area (Å²) in [5, 5.41) is 3.16. The number of carbonyl (C=O) groups is 2. The zero-order chi connectivity index (χ0) is 18.5. The lowest BCUT2D eigenvalue weighted by molar-refractivity contribution is -0.121. The molecule has 0 unspecified atom stereocenters. The van der Waals surface area contributed by atoms with Crippen LogP contribution in [0.1, 0.15) is 18.3 Å². The fraction of sp³-hybridized carbons (Fsp3) is 0.158. The zero-order valence-electron chi connectivity index (χ0n) is 14.2. The van der Waals surface area contributed by atoms with E-state index in [1.54, 1.807) is 24.3 Å². The molecule has 2 N–H and O–H groups in total. The van der Waals surface area contributed by atoms with Crippen LogP contribution in [0, 0.1) is 0 Å². The highest BCUT2D eigenvalue weighted by Crippen LogP contribution is 2.08. The average Bonchev–Trinajstić information content (AvgIpc) is 2.64. The van der Waals surface area contributed by atoms with E-state index < -0.39 is 11.5 Å². The van der Waals surface area contributed by atoms with Crippen molar-refractivity contribution in [3.8, 4) is 0 Å². The first-order valence-corrected chi connectivity index (χ1v) is 8.13. The number of nitrogens with one attached hydrogen (secondary N) is 2. The fourth-order valence-electron chi connectivity index (χ4n) is 2.57. The lowest BCUT2D eigenvalue weighted by Gasteiger charge is -2.13. The molecule has 1 heterocycles. The summed E-state index contributed by atoms with van der Waals surface area (Å²) in [4.78, 5) is 40.7. The molecule has 0 atom stereocenters. The molecule has 0 fully saturated rings. The number of fused-ring (bicyclic) bond motifs is 1. The van der Waals surface area contributed by atoms with E-state index in [-0.39, 0.29) is 18.2 Å². The number of hydrogen-bond acceptors (Lipinski definition) is 4. The summed E-state index contributed by atoms with van der Waals surface area (Å²) in [6, 6.07) is 16.3. The second-order valence-electron chi connectivity index (χ2n) is 5.79. The van der Waals surface area contributed by atoms with Gasteiger partial charge in [0.25, 0.3) is 5.56 Å². The summed E-state index contributed by atoms with van der Waals surface area (Å²) in [5.74, 6) is -0.542. The van der Waals surface area contributed by atoms with Crippen molar-refractivity contribution >= 4 is 22.7 Å². The molecule has 3 aromatic rings. The molecule has 0 saturated carbocycles. The number of aromatic nitrogens is 2. The Morgan fingerprint density at radius 3 is 2.46 bits per heavy atom. The van der Waals surface area contributed by atoms with Gasteiger partial charge in [0.1, 0.15) is 5.82 Å². The lowest BCUT2D eigenvalue weighted by atomic mass is 10.2. The summed E-state index contributed by atoms with van der Waals surface area (Å²) in [6.07, 6.45) is -0.132. The molecular weight excluding hydrogens is 332 g/mol. The number of rotatable bonds is 5. The van der Waals surface area contributed by atoms with Crippen LogP contribution in [0.4, 0.5) is 0 Å². The third kappa shape index (κ3) is 3.94. The van der Waals surface area contributed by atoms with E-state index in [1.807, 2.05) is 30.3 Å². The predicted molar refractivity (Wildman–Crippen MR) is 98.0 cm³/mol. The van der Waals surface area contributed by atoms with Gasteiger partial charge in [-0.05, 0) is 17.7 Å². The van der Waals surface area contributed by atoms with Crippen LogP contribution in [-0.2, 0) is 22.6 Å². The van der Waals surface area contributed by atoms with Gasteiger partial charge in [0.15, 0.2) is 0 Å². The molecule has 2 amide bonds. The quantitative estimate of drug-likeness (QED) is 0.726. The maximum Gasteiger partial charge on any atom is 0.280 e. The SMILES string of the molecule is CC(=O)Nn1c(CC(=O)NCc2ccccc2)nc2ccccc2c1=O. The molecular formula is C19H18N4O3. The Kier molecular flexibility index (Phi) is 5.07. The summed E-state index contributed by atoms with van der Waals surface area (Å²) in [7, 11) is 0. The van der Waals surface area contributed by atoms with Gasteiger partial charge in [-0.1, -0.05) is 42.5 Å². The van der Waals surface area contributed by atoms with Crippen molar-refractivity contribution in [2.75, 3.05) is 5.43 Å². The fourth-order valence-corrected chi connectivity index (χ4v) is 2.57. The molecule has 0 spiro atoms. The minimum Gasteiger partial charge on any atom is -0.352 e. The molecule has 0 aliphatic heterocycles. The molecule has 0 saturated heterocycles. The van der Waals surface area contributed by atoms with E-state index in [4.69, 9.17) is 0 Å². The van der Waals surface area contributed by atoms with Crippen LogP contribution in [0.2, 0.25) is 0 Å². The Morgan fingerprint density at radius 2 is 1.73 bits per heavy atom. The normalized spacial score (nSPS) is 10.5. The number of nitrogens with zero attached hydrogens (tertiary/aromatic N) is 2. The van der Waals surface area contributed by atoms with Gasteiger partial charge in [0.05, 0.1) is 17.3 Å². The maximum absolute atomic E-state index is 12.6. The molecule has 132 valence electrons. The lowest BCUT2D eigenvalue weighted by Crippen LogP contribution is -2.37. The Hall–Kier alpha value is -3.48. The highest BCUT2D eigenvalue weighted by atomic mass is 16.2. The number of hydrogen-bond donors (Lipinski definition) is 2. The average molecular weight is 350 g/mol. The van der Waals surface area contributed by atoms with Crippen LogP contribution < -0.4 is 16.3 Å². The van der Waals surface area contributed by atoms with Crippen molar-refractivity contribution in [2.45, 2.75) is 19.9 Å². The van der Waals surface area contributed by atoms with Crippen molar-refractivity contribution in [2.24, 2.45) is 0 Å². The van der Waals surface area contributed by atoms with Crippen LogP contribution in [0.5, 0.6) is 0 Å². The van der Waals surface area contributed by atoms with E-state index >= 15 is 0 Å². The van der Waals surface area contributed by atoms with Crippen LogP contribution in [0.25, 0.3) is 10.9 Å². The number of carbonyl (C=O) groups excluding carboxylic acids is 2. The Labute approximate surface area is 149 Å². The van der Waals surface area contributed by atoms with Crippen LogP contribution >= 0.6 is 0 Å². The molecule has 1 aromatic heterocycles. The van der Waals surface area contributed by atoms with Crippen molar-refractivity contribution in [3.05, 3.63) is 76.3 Å². The van der Waals surface area contributed by atoms with Gasteiger partial charge in [-0.15, -0.1) is 0 Å². The summed E-state index contributed by atoms with van der Waals surface area (Å²) in [6.45, 7) is 1.67. The second-order valence-corrected chi connectivity index (χ2v) is 5.79. The molecule has 2 aromatic carbocycles. The second kappa shape index (κ2) is 7.60. The molecule has 0 aliphatic carbocycles. The van der Waals surface area contributed by atoms with Gasteiger partial charge >= 0.3 is 0 Å². The topological polar surface area (TPSA) is 93.1 Å². The van der Waals surface area contributed by atoms with Crippen molar-refractivity contribution < 1.29 is 9.59 Å². The predicted octanol–water partition coefficient (Wildman–Crippen LogP) is 1.35.